The van der Waals surface area contributed by atoms with Crippen LogP contribution in [0.4, 0.5) is 0 Å². The Morgan fingerprint density at radius 3 is 2.48 bits per heavy atom. The Morgan fingerprint density at radius 2 is 1.76 bits per heavy atom. The minimum absolute atomic E-state index is 0.172. The van der Waals surface area contributed by atoms with Gasteiger partial charge in [0.05, 0.1) is 0 Å². The molecule has 0 heterocycles. The molecule has 0 aromatic heterocycles. The summed E-state index contributed by atoms with van der Waals surface area (Å²) < 4.78 is 11.2. The molecule has 0 saturated carbocycles. The maximum absolute atomic E-state index is 11.2. The number of aromatic carboxylic acids is 1. The Morgan fingerprint density at radius 1 is 1.05 bits per heavy atom. The van der Waals surface area contributed by atoms with Crippen molar-refractivity contribution in [2.45, 2.75) is 13.8 Å². The van der Waals surface area contributed by atoms with E-state index in [1.165, 1.54) is 6.07 Å². The van der Waals surface area contributed by atoms with Gasteiger partial charge in [-0.1, -0.05) is 24.3 Å². The Labute approximate surface area is 123 Å². The molecule has 2 aromatic carbocycles. The van der Waals surface area contributed by atoms with Gasteiger partial charge in [-0.15, -0.1) is 0 Å². The van der Waals surface area contributed by atoms with Crippen molar-refractivity contribution in [1.29, 1.82) is 0 Å². The molecular formula is C17H18O4. The molecule has 0 aliphatic rings. The van der Waals surface area contributed by atoms with Crippen LogP contribution in [0.1, 0.15) is 21.5 Å². The molecular weight excluding hydrogens is 268 g/mol. The van der Waals surface area contributed by atoms with Crippen LogP contribution in [-0.2, 0) is 0 Å². The molecule has 21 heavy (non-hydrogen) atoms. The van der Waals surface area contributed by atoms with Crippen molar-refractivity contribution in [3.8, 4) is 11.5 Å². The van der Waals surface area contributed by atoms with Gasteiger partial charge >= 0.3 is 5.97 Å². The van der Waals surface area contributed by atoms with Crippen molar-refractivity contribution in [1.82, 2.24) is 0 Å². The molecule has 4 heteroatoms. The predicted molar refractivity (Wildman–Crippen MR) is 80.3 cm³/mol. The third-order valence-corrected chi connectivity index (χ3v) is 3.03. The normalized spacial score (nSPS) is 10.2. The van der Waals surface area contributed by atoms with Gasteiger partial charge in [0.15, 0.2) is 0 Å². The van der Waals surface area contributed by atoms with E-state index in [9.17, 15) is 4.79 Å². The summed E-state index contributed by atoms with van der Waals surface area (Å²) in [6.07, 6.45) is 0. The summed E-state index contributed by atoms with van der Waals surface area (Å²) >= 11 is 0. The third-order valence-electron chi connectivity index (χ3n) is 3.03. The molecule has 2 rings (SSSR count). The molecule has 0 aliphatic carbocycles. The molecule has 0 radical (unpaired) electrons. The van der Waals surface area contributed by atoms with Gasteiger partial charge in [0.1, 0.15) is 30.3 Å². The SMILES string of the molecule is Cc1cccc(OCCOc2c(C)cccc2C(=O)O)c1. The number of aryl methyl sites for hydroxylation is 2. The van der Waals surface area contributed by atoms with Gasteiger partial charge in [0.25, 0.3) is 0 Å². The zero-order chi connectivity index (χ0) is 15.2. The second kappa shape index (κ2) is 6.79. The molecule has 1 N–H and O–H groups in total. The van der Waals surface area contributed by atoms with Crippen LogP contribution in [0.25, 0.3) is 0 Å². The molecule has 0 fully saturated rings. The number of rotatable bonds is 6. The summed E-state index contributed by atoms with van der Waals surface area (Å²) in [6, 6.07) is 12.8. The van der Waals surface area contributed by atoms with Crippen LogP contribution >= 0.6 is 0 Å². The third kappa shape index (κ3) is 3.99. The topological polar surface area (TPSA) is 55.8 Å². The number of benzene rings is 2. The van der Waals surface area contributed by atoms with Crippen LogP contribution in [0.15, 0.2) is 42.5 Å². The summed E-state index contributed by atoms with van der Waals surface area (Å²) in [7, 11) is 0. The monoisotopic (exact) mass is 286 g/mol. The first-order valence-corrected chi connectivity index (χ1v) is 6.73. The van der Waals surface area contributed by atoms with Gasteiger partial charge < -0.3 is 14.6 Å². The van der Waals surface area contributed by atoms with E-state index in [0.29, 0.717) is 19.0 Å². The summed E-state index contributed by atoms with van der Waals surface area (Å²) in [5, 5.41) is 9.14. The second-order valence-electron chi connectivity index (χ2n) is 4.77. The van der Waals surface area contributed by atoms with Crippen molar-refractivity contribution in [3.63, 3.8) is 0 Å². The number of carboxylic acids is 1. The fourth-order valence-corrected chi connectivity index (χ4v) is 2.02. The number of carbonyl (C=O) groups is 1. The Balaban J connectivity index is 1.93. The van der Waals surface area contributed by atoms with E-state index < -0.39 is 5.97 Å². The average molecular weight is 286 g/mol. The first-order chi connectivity index (χ1) is 10.1. The summed E-state index contributed by atoms with van der Waals surface area (Å²) in [6.45, 7) is 4.47. The number of hydrogen-bond donors (Lipinski definition) is 1. The highest BCUT2D eigenvalue weighted by Crippen LogP contribution is 2.23. The standard InChI is InChI=1S/C17H18O4/c1-12-5-3-7-14(11-12)20-9-10-21-16-13(2)6-4-8-15(16)17(18)19/h3-8,11H,9-10H2,1-2H3,(H,18,19). The largest absolute Gasteiger partial charge is 0.490 e. The Kier molecular flexibility index (Phi) is 4.82. The number of ether oxygens (including phenoxy) is 2. The molecule has 0 spiro atoms. The first-order valence-electron chi connectivity index (χ1n) is 6.73. The average Bonchev–Trinajstić information content (AvgIpc) is 2.44. The van der Waals surface area contributed by atoms with Gasteiger partial charge in [-0.3, -0.25) is 0 Å². The summed E-state index contributed by atoms with van der Waals surface area (Å²) in [5.41, 5.74) is 2.09. The lowest BCUT2D eigenvalue weighted by Gasteiger charge is -2.12. The Bertz CT molecular complexity index is 634. The van der Waals surface area contributed by atoms with Crippen LogP contribution in [-0.4, -0.2) is 24.3 Å². The molecule has 0 atom stereocenters. The fourth-order valence-electron chi connectivity index (χ4n) is 2.02. The predicted octanol–water partition coefficient (Wildman–Crippen LogP) is 3.46. The van der Waals surface area contributed by atoms with E-state index in [1.54, 1.807) is 6.07 Å². The van der Waals surface area contributed by atoms with E-state index in [1.807, 2.05) is 44.2 Å². The van der Waals surface area contributed by atoms with Crippen molar-refractivity contribution in [2.24, 2.45) is 0 Å². The van der Waals surface area contributed by atoms with Gasteiger partial charge in [-0.2, -0.15) is 0 Å². The van der Waals surface area contributed by atoms with Crippen LogP contribution in [0.2, 0.25) is 0 Å². The van der Waals surface area contributed by atoms with Gasteiger partial charge in [-0.05, 0) is 43.2 Å². The van der Waals surface area contributed by atoms with Crippen LogP contribution in [0, 0.1) is 13.8 Å². The quantitative estimate of drug-likeness (QED) is 0.826. The first kappa shape index (κ1) is 14.9. The van der Waals surface area contributed by atoms with Crippen molar-refractivity contribution < 1.29 is 19.4 Å². The lowest BCUT2D eigenvalue weighted by Crippen LogP contribution is -2.12. The van der Waals surface area contributed by atoms with Crippen molar-refractivity contribution in [2.75, 3.05) is 13.2 Å². The second-order valence-corrected chi connectivity index (χ2v) is 4.77. The van der Waals surface area contributed by atoms with E-state index in [4.69, 9.17) is 14.6 Å². The van der Waals surface area contributed by atoms with E-state index in [0.717, 1.165) is 16.9 Å². The molecule has 2 aromatic rings. The summed E-state index contributed by atoms with van der Waals surface area (Å²) in [4.78, 5) is 11.2. The number of hydrogen-bond acceptors (Lipinski definition) is 3. The highest BCUT2D eigenvalue weighted by Gasteiger charge is 2.13. The lowest BCUT2D eigenvalue weighted by molar-refractivity contribution is 0.0691. The zero-order valence-electron chi connectivity index (χ0n) is 12.1. The number of carboxylic acid groups (broad SMARTS) is 1. The molecule has 0 unspecified atom stereocenters. The van der Waals surface area contributed by atoms with Crippen LogP contribution in [0.3, 0.4) is 0 Å². The van der Waals surface area contributed by atoms with Crippen molar-refractivity contribution >= 4 is 5.97 Å². The van der Waals surface area contributed by atoms with Crippen LogP contribution < -0.4 is 9.47 Å². The lowest BCUT2D eigenvalue weighted by atomic mass is 10.1. The van der Waals surface area contributed by atoms with E-state index in [-0.39, 0.29) is 5.56 Å². The summed E-state index contributed by atoms with van der Waals surface area (Å²) in [5.74, 6) is 0.188. The van der Waals surface area contributed by atoms with Gasteiger partial charge in [-0.25, -0.2) is 4.79 Å². The van der Waals surface area contributed by atoms with Crippen molar-refractivity contribution in [3.05, 3.63) is 59.2 Å². The maximum atomic E-state index is 11.2. The highest BCUT2D eigenvalue weighted by molar-refractivity contribution is 5.91. The van der Waals surface area contributed by atoms with Crippen LogP contribution in [0.5, 0.6) is 11.5 Å². The maximum Gasteiger partial charge on any atom is 0.339 e. The molecule has 0 saturated heterocycles. The van der Waals surface area contributed by atoms with E-state index >= 15 is 0 Å². The molecule has 0 bridgehead atoms. The fraction of sp³-hybridized carbons (Fsp3) is 0.235. The van der Waals surface area contributed by atoms with Gasteiger partial charge in [0.2, 0.25) is 0 Å². The Hall–Kier alpha value is -2.49. The zero-order valence-corrected chi connectivity index (χ0v) is 12.1. The molecule has 0 amide bonds. The minimum Gasteiger partial charge on any atom is -0.490 e. The smallest absolute Gasteiger partial charge is 0.339 e. The molecule has 0 aliphatic heterocycles. The minimum atomic E-state index is -0.992. The highest BCUT2D eigenvalue weighted by atomic mass is 16.5. The van der Waals surface area contributed by atoms with Gasteiger partial charge in [0, 0.05) is 0 Å². The molecule has 110 valence electrons. The van der Waals surface area contributed by atoms with E-state index in [2.05, 4.69) is 0 Å². The number of para-hydroxylation sites is 1. The molecule has 4 nitrogen and oxygen atoms in total.